The molecule has 0 spiro atoms. The molecule has 0 aliphatic rings. The summed E-state index contributed by atoms with van der Waals surface area (Å²) in [5, 5.41) is 22.2. The maximum atomic E-state index is 9.44. The van der Waals surface area contributed by atoms with Gasteiger partial charge >= 0.3 is 0 Å². The number of hydrogen-bond acceptors (Lipinski definition) is 4. The van der Waals surface area contributed by atoms with Gasteiger partial charge in [0.15, 0.2) is 0 Å². The highest BCUT2D eigenvalue weighted by Gasteiger charge is 2.17. The van der Waals surface area contributed by atoms with Crippen molar-refractivity contribution in [3.05, 3.63) is 40.7 Å². The highest BCUT2D eigenvalue weighted by atomic mass is 35.5. The molecule has 126 valence electrons. The molecule has 1 aromatic heterocycles. The first-order valence-electron chi connectivity index (χ1n) is 7.98. The molecule has 0 aliphatic carbocycles. The van der Waals surface area contributed by atoms with Crippen LogP contribution in [0.2, 0.25) is 5.02 Å². The molecule has 3 atom stereocenters. The molecule has 2 rings (SSSR count). The maximum absolute atomic E-state index is 9.44. The fraction of sp³-hybridized carbons (Fsp3) is 0.529. The molecule has 0 bridgehead atoms. The monoisotopic (exact) mass is 336 g/mol. The topological polar surface area (TPSA) is 63.0 Å². The van der Waals surface area contributed by atoms with Gasteiger partial charge in [0.1, 0.15) is 5.69 Å². The summed E-state index contributed by atoms with van der Waals surface area (Å²) in [6, 6.07) is 7.65. The van der Waals surface area contributed by atoms with E-state index in [1.165, 1.54) is 0 Å². The lowest BCUT2D eigenvalue weighted by molar-refractivity contribution is 0.162. The lowest BCUT2D eigenvalue weighted by Crippen LogP contribution is -2.26. The molecule has 6 heteroatoms. The van der Waals surface area contributed by atoms with Crippen LogP contribution in [0.25, 0.3) is 5.69 Å². The Morgan fingerprint density at radius 2 is 1.87 bits per heavy atom. The third-order valence-corrected chi connectivity index (χ3v) is 4.18. The van der Waals surface area contributed by atoms with Gasteiger partial charge in [-0.3, -0.25) is 0 Å². The van der Waals surface area contributed by atoms with Gasteiger partial charge < -0.3 is 10.4 Å². The van der Waals surface area contributed by atoms with Gasteiger partial charge in [-0.25, -0.2) is 4.68 Å². The standard InChI is InChI=1S/C17H25ClN4O/c1-11(9-12(2)23)10-19-13(3)17-14(4)22(21-20-17)16-7-5-15(18)6-8-16/h5-8,11-13,19,23H,9-10H2,1-4H3. The zero-order valence-electron chi connectivity index (χ0n) is 14.1. The van der Waals surface area contributed by atoms with E-state index in [4.69, 9.17) is 11.6 Å². The number of nitrogens with zero attached hydrogens (tertiary/aromatic N) is 3. The quantitative estimate of drug-likeness (QED) is 0.814. The van der Waals surface area contributed by atoms with E-state index in [-0.39, 0.29) is 12.1 Å². The average Bonchev–Trinajstić information content (AvgIpc) is 2.87. The van der Waals surface area contributed by atoms with E-state index in [0.29, 0.717) is 10.9 Å². The first kappa shape index (κ1) is 17.9. The van der Waals surface area contributed by atoms with Crippen molar-refractivity contribution in [3.63, 3.8) is 0 Å². The van der Waals surface area contributed by atoms with Crippen molar-refractivity contribution in [2.45, 2.75) is 46.3 Å². The zero-order chi connectivity index (χ0) is 17.0. The van der Waals surface area contributed by atoms with Gasteiger partial charge in [0.2, 0.25) is 0 Å². The molecule has 5 nitrogen and oxygen atoms in total. The van der Waals surface area contributed by atoms with Crippen LogP contribution in [0.3, 0.4) is 0 Å². The van der Waals surface area contributed by atoms with Gasteiger partial charge in [0, 0.05) is 5.02 Å². The number of rotatable bonds is 7. The predicted octanol–water partition coefficient (Wildman–Crippen LogP) is 3.29. The lowest BCUT2D eigenvalue weighted by Gasteiger charge is -2.18. The molecule has 2 N–H and O–H groups in total. The minimum Gasteiger partial charge on any atom is -0.393 e. The van der Waals surface area contributed by atoms with Gasteiger partial charge in [-0.05, 0) is 63.9 Å². The van der Waals surface area contributed by atoms with Crippen LogP contribution in [0, 0.1) is 12.8 Å². The number of aliphatic hydroxyl groups excluding tert-OH is 1. The molecule has 0 amide bonds. The minimum atomic E-state index is -0.269. The highest BCUT2D eigenvalue weighted by Crippen LogP contribution is 2.19. The summed E-state index contributed by atoms with van der Waals surface area (Å²) < 4.78 is 1.82. The summed E-state index contributed by atoms with van der Waals surface area (Å²) in [5.41, 5.74) is 2.89. The van der Waals surface area contributed by atoms with Crippen LogP contribution < -0.4 is 5.32 Å². The van der Waals surface area contributed by atoms with Crippen molar-refractivity contribution in [2.24, 2.45) is 5.92 Å². The van der Waals surface area contributed by atoms with Gasteiger partial charge in [-0.2, -0.15) is 0 Å². The average molecular weight is 337 g/mol. The van der Waals surface area contributed by atoms with Crippen molar-refractivity contribution in [1.29, 1.82) is 0 Å². The Kier molecular flexibility index (Phi) is 6.16. The number of aliphatic hydroxyl groups is 1. The molecule has 0 saturated heterocycles. The predicted molar refractivity (Wildman–Crippen MR) is 93.0 cm³/mol. The molecule has 2 aromatic rings. The van der Waals surface area contributed by atoms with Gasteiger partial charge in [-0.1, -0.05) is 23.7 Å². The first-order chi connectivity index (χ1) is 10.9. The van der Waals surface area contributed by atoms with Crippen LogP contribution in [0.5, 0.6) is 0 Å². The van der Waals surface area contributed by atoms with E-state index in [1.807, 2.05) is 42.8 Å². The second kappa shape index (κ2) is 7.90. The Morgan fingerprint density at radius 3 is 2.48 bits per heavy atom. The molecule has 0 fully saturated rings. The summed E-state index contributed by atoms with van der Waals surface area (Å²) >= 11 is 5.93. The number of benzene rings is 1. The summed E-state index contributed by atoms with van der Waals surface area (Å²) in [7, 11) is 0. The Hall–Kier alpha value is -1.43. The van der Waals surface area contributed by atoms with Crippen LogP contribution in [-0.2, 0) is 0 Å². The van der Waals surface area contributed by atoms with Crippen LogP contribution in [-0.4, -0.2) is 32.7 Å². The largest absolute Gasteiger partial charge is 0.393 e. The van der Waals surface area contributed by atoms with Crippen LogP contribution in [0.4, 0.5) is 0 Å². The Morgan fingerprint density at radius 1 is 1.22 bits per heavy atom. The summed E-state index contributed by atoms with van der Waals surface area (Å²) in [6.07, 6.45) is 0.519. The molecular weight excluding hydrogens is 312 g/mol. The second-order valence-electron chi connectivity index (χ2n) is 6.27. The number of aromatic nitrogens is 3. The van der Waals surface area contributed by atoms with E-state index in [1.54, 1.807) is 0 Å². The molecular formula is C17H25ClN4O. The summed E-state index contributed by atoms with van der Waals surface area (Å²) in [4.78, 5) is 0. The van der Waals surface area contributed by atoms with Gasteiger partial charge in [-0.15, -0.1) is 5.10 Å². The van der Waals surface area contributed by atoms with Crippen LogP contribution in [0.15, 0.2) is 24.3 Å². The highest BCUT2D eigenvalue weighted by molar-refractivity contribution is 6.30. The van der Waals surface area contributed by atoms with Gasteiger partial charge in [0.05, 0.1) is 23.5 Å². The van der Waals surface area contributed by atoms with Crippen LogP contribution in [0.1, 0.15) is 44.6 Å². The molecule has 0 aliphatic heterocycles. The number of hydrogen-bond donors (Lipinski definition) is 2. The van der Waals surface area contributed by atoms with E-state index in [0.717, 1.165) is 30.0 Å². The molecule has 0 radical (unpaired) electrons. The maximum Gasteiger partial charge on any atom is 0.103 e. The fourth-order valence-corrected chi connectivity index (χ4v) is 2.83. The Bertz CT molecular complexity index is 624. The third kappa shape index (κ3) is 4.77. The Balaban J connectivity index is 2.05. The molecule has 1 heterocycles. The number of halogens is 1. The normalized spacial score (nSPS) is 15.4. The van der Waals surface area contributed by atoms with Crippen molar-refractivity contribution in [2.75, 3.05) is 6.54 Å². The van der Waals surface area contributed by atoms with Crippen molar-refractivity contribution in [3.8, 4) is 5.69 Å². The number of nitrogens with one attached hydrogen (secondary N) is 1. The fourth-order valence-electron chi connectivity index (χ4n) is 2.71. The lowest BCUT2D eigenvalue weighted by atomic mass is 10.0. The van der Waals surface area contributed by atoms with Gasteiger partial charge in [0.25, 0.3) is 0 Å². The SMILES string of the molecule is Cc1c(C(C)NCC(C)CC(C)O)nnn1-c1ccc(Cl)cc1. The molecule has 23 heavy (non-hydrogen) atoms. The smallest absolute Gasteiger partial charge is 0.103 e. The Labute approximate surface area is 142 Å². The molecule has 3 unspecified atom stereocenters. The van der Waals surface area contributed by atoms with Crippen LogP contribution >= 0.6 is 11.6 Å². The van der Waals surface area contributed by atoms with Crippen molar-refractivity contribution >= 4 is 11.6 Å². The summed E-state index contributed by atoms with van der Waals surface area (Å²) in [6.45, 7) is 8.88. The molecule has 0 saturated carbocycles. The second-order valence-corrected chi connectivity index (χ2v) is 6.70. The zero-order valence-corrected chi connectivity index (χ0v) is 14.9. The first-order valence-corrected chi connectivity index (χ1v) is 8.36. The van der Waals surface area contributed by atoms with E-state index < -0.39 is 0 Å². The van der Waals surface area contributed by atoms with E-state index in [2.05, 4.69) is 29.5 Å². The van der Waals surface area contributed by atoms with E-state index >= 15 is 0 Å². The minimum absolute atomic E-state index is 0.104. The summed E-state index contributed by atoms with van der Waals surface area (Å²) in [5.74, 6) is 0.407. The molecule has 1 aromatic carbocycles. The third-order valence-electron chi connectivity index (χ3n) is 3.93. The van der Waals surface area contributed by atoms with Crippen molar-refractivity contribution < 1.29 is 5.11 Å². The van der Waals surface area contributed by atoms with Crippen molar-refractivity contribution in [1.82, 2.24) is 20.3 Å². The van der Waals surface area contributed by atoms with E-state index in [9.17, 15) is 5.11 Å².